The number of aryl methyl sites for hydroxylation is 1. The van der Waals surface area contributed by atoms with E-state index in [2.05, 4.69) is 22.9 Å². The third-order valence-corrected chi connectivity index (χ3v) is 4.77. The third-order valence-electron chi connectivity index (χ3n) is 4.77. The van der Waals surface area contributed by atoms with E-state index < -0.39 is 5.41 Å². The maximum absolute atomic E-state index is 12.4. The molecule has 0 fully saturated rings. The van der Waals surface area contributed by atoms with Gasteiger partial charge in [0.05, 0.1) is 23.9 Å². The first-order valence-electron chi connectivity index (χ1n) is 9.32. The summed E-state index contributed by atoms with van der Waals surface area (Å²) >= 11 is 0. The van der Waals surface area contributed by atoms with Gasteiger partial charge < -0.3 is 14.6 Å². The molecule has 2 aromatic carbocycles. The molecule has 0 spiro atoms. The van der Waals surface area contributed by atoms with Crippen LogP contribution in [0.5, 0.6) is 5.75 Å². The van der Waals surface area contributed by atoms with Crippen LogP contribution in [-0.2, 0) is 11.3 Å². The van der Waals surface area contributed by atoms with E-state index in [0.717, 1.165) is 27.9 Å². The van der Waals surface area contributed by atoms with Crippen molar-refractivity contribution in [2.24, 2.45) is 5.41 Å². The summed E-state index contributed by atoms with van der Waals surface area (Å²) < 4.78 is 7.47. The average Bonchev–Trinajstić information content (AvgIpc) is 2.99. The Hall–Kier alpha value is -3.26. The Morgan fingerprint density at radius 2 is 1.96 bits per heavy atom. The molecule has 0 aliphatic rings. The Morgan fingerprint density at radius 1 is 1.21 bits per heavy atom. The number of aromatic nitrogens is 1. The number of hydrogen-bond acceptors (Lipinski definition) is 3. The van der Waals surface area contributed by atoms with Crippen LogP contribution in [0.2, 0.25) is 0 Å². The molecule has 1 N–H and O–H groups in total. The Bertz CT molecular complexity index is 1080. The van der Waals surface area contributed by atoms with E-state index in [1.165, 1.54) is 0 Å². The molecular formula is C23H25N3O2. The number of anilines is 1. The van der Waals surface area contributed by atoms with Gasteiger partial charge in [0.25, 0.3) is 0 Å². The van der Waals surface area contributed by atoms with Gasteiger partial charge in [0.2, 0.25) is 5.91 Å². The second-order valence-electron chi connectivity index (χ2n) is 7.75. The van der Waals surface area contributed by atoms with Gasteiger partial charge in [-0.1, -0.05) is 32.9 Å². The van der Waals surface area contributed by atoms with Gasteiger partial charge in [-0.05, 0) is 31.2 Å². The third kappa shape index (κ3) is 3.46. The van der Waals surface area contributed by atoms with Crippen LogP contribution < -0.4 is 10.1 Å². The monoisotopic (exact) mass is 375 g/mol. The Morgan fingerprint density at radius 3 is 2.57 bits per heavy atom. The van der Waals surface area contributed by atoms with Crippen LogP contribution >= 0.6 is 0 Å². The van der Waals surface area contributed by atoms with Crippen LogP contribution in [0.3, 0.4) is 0 Å². The lowest BCUT2D eigenvalue weighted by Gasteiger charge is -2.18. The predicted molar refractivity (Wildman–Crippen MR) is 112 cm³/mol. The second kappa shape index (κ2) is 7.40. The van der Waals surface area contributed by atoms with Gasteiger partial charge in [-0.15, -0.1) is 0 Å². The summed E-state index contributed by atoms with van der Waals surface area (Å²) in [6.45, 7) is 8.39. The van der Waals surface area contributed by atoms with E-state index >= 15 is 0 Å². The molecule has 0 unspecified atom stereocenters. The fourth-order valence-corrected chi connectivity index (χ4v) is 3.26. The highest BCUT2D eigenvalue weighted by atomic mass is 16.5. The summed E-state index contributed by atoms with van der Waals surface area (Å²) in [5, 5.41) is 13.7. The number of amides is 1. The van der Waals surface area contributed by atoms with Gasteiger partial charge in [0.1, 0.15) is 11.8 Å². The first kappa shape index (κ1) is 19.5. The lowest BCUT2D eigenvalue weighted by molar-refractivity contribution is -0.123. The normalized spacial score (nSPS) is 11.3. The van der Waals surface area contributed by atoms with Crippen molar-refractivity contribution in [2.75, 3.05) is 12.4 Å². The second-order valence-corrected chi connectivity index (χ2v) is 7.75. The molecule has 0 atom stereocenters. The Labute approximate surface area is 165 Å². The van der Waals surface area contributed by atoms with Crippen molar-refractivity contribution in [2.45, 2.75) is 34.2 Å². The highest BCUT2D eigenvalue weighted by Crippen LogP contribution is 2.36. The van der Waals surface area contributed by atoms with Gasteiger partial charge >= 0.3 is 0 Å². The summed E-state index contributed by atoms with van der Waals surface area (Å²) in [6, 6.07) is 15.8. The fraction of sp³-hybridized carbons (Fsp3) is 0.304. The number of nitriles is 1. The minimum absolute atomic E-state index is 0.0501. The summed E-state index contributed by atoms with van der Waals surface area (Å²) in [5.41, 5.74) is 3.55. The van der Waals surface area contributed by atoms with E-state index in [9.17, 15) is 10.1 Å². The molecular weight excluding hydrogens is 350 g/mol. The van der Waals surface area contributed by atoms with Crippen molar-refractivity contribution in [1.29, 1.82) is 5.26 Å². The zero-order valence-electron chi connectivity index (χ0n) is 17.0. The number of benzene rings is 2. The molecule has 28 heavy (non-hydrogen) atoms. The maximum atomic E-state index is 12.4. The van der Waals surface area contributed by atoms with Crippen molar-refractivity contribution in [1.82, 2.24) is 4.57 Å². The summed E-state index contributed by atoms with van der Waals surface area (Å²) in [5.74, 6) is 0.702. The summed E-state index contributed by atoms with van der Waals surface area (Å²) in [6.07, 6.45) is 0. The van der Waals surface area contributed by atoms with Gasteiger partial charge in [-0.25, -0.2) is 0 Å². The molecule has 3 aromatic rings. The SMILES string of the molecule is CCn1c(-c2cccc(NC(=O)C(C)(C)C)c2)c(C#N)c2ccc(OC)cc21. The molecule has 0 bridgehead atoms. The molecule has 1 aromatic heterocycles. The molecule has 0 radical (unpaired) electrons. The van der Waals surface area contributed by atoms with E-state index in [0.29, 0.717) is 17.8 Å². The summed E-state index contributed by atoms with van der Waals surface area (Å²) in [4.78, 5) is 12.4. The van der Waals surface area contributed by atoms with Gasteiger partial charge in [0, 0.05) is 34.7 Å². The van der Waals surface area contributed by atoms with Crippen molar-refractivity contribution in [3.05, 3.63) is 48.0 Å². The number of carbonyl (C=O) groups excluding carboxylic acids is 1. The lowest BCUT2D eigenvalue weighted by Crippen LogP contribution is -2.27. The fourth-order valence-electron chi connectivity index (χ4n) is 3.26. The van der Waals surface area contributed by atoms with E-state index in [4.69, 9.17) is 4.74 Å². The molecule has 0 aliphatic heterocycles. The van der Waals surface area contributed by atoms with Crippen molar-refractivity contribution in [3.8, 4) is 23.1 Å². The van der Waals surface area contributed by atoms with Crippen LogP contribution in [-0.4, -0.2) is 17.6 Å². The molecule has 1 amide bonds. The highest BCUT2D eigenvalue weighted by molar-refractivity contribution is 5.97. The quantitative estimate of drug-likeness (QED) is 0.682. The number of fused-ring (bicyclic) bond motifs is 1. The number of hydrogen-bond donors (Lipinski definition) is 1. The zero-order valence-corrected chi connectivity index (χ0v) is 17.0. The number of carbonyl (C=O) groups is 1. The lowest BCUT2D eigenvalue weighted by atomic mass is 9.95. The van der Waals surface area contributed by atoms with Crippen molar-refractivity contribution >= 4 is 22.5 Å². The number of ether oxygens (including phenoxy) is 1. The van der Waals surface area contributed by atoms with Crippen LogP contribution in [0.25, 0.3) is 22.2 Å². The maximum Gasteiger partial charge on any atom is 0.229 e. The average molecular weight is 375 g/mol. The van der Waals surface area contributed by atoms with Crippen molar-refractivity contribution in [3.63, 3.8) is 0 Å². The molecule has 1 heterocycles. The van der Waals surface area contributed by atoms with Gasteiger partial charge in [0.15, 0.2) is 0 Å². The smallest absolute Gasteiger partial charge is 0.229 e. The molecule has 0 saturated heterocycles. The number of rotatable bonds is 4. The predicted octanol–water partition coefficient (Wildman–Crippen LogP) is 5.19. The van der Waals surface area contributed by atoms with Crippen LogP contribution in [0.1, 0.15) is 33.3 Å². The van der Waals surface area contributed by atoms with Crippen LogP contribution in [0, 0.1) is 16.7 Å². The molecule has 3 rings (SSSR count). The van der Waals surface area contributed by atoms with Gasteiger partial charge in [-0.2, -0.15) is 5.26 Å². The first-order chi connectivity index (χ1) is 13.3. The molecule has 0 saturated carbocycles. The topological polar surface area (TPSA) is 67.0 Å². The van der Waals surface area contributed by atoms with E-state index in [1.807, 2.05) is 63.2 Å². The molecule has 5 heteroatoms. The number of methoxy groups -OCH3 is 1. The Kier molecular flexibility index (Phi) is 5.15. The zero-order chi connectivity index (χ0) is 20.5. The number of nitrogens with one attached hydrogen (secondary N) is 1. The minimum atomic E-state index is -0.483. The Balaban J connectivity index is 2.17. The van der Waals surface area contributed by atoms with Crippen LogP contribution in [0.4, 0.5) is 5.69 Å². The molecule has 0 aliphatic carbocycles. The highest BCUT2D eigenvalue weighted by Gasteiger charge is 2.22. The van der Waals surface area contributed by atoms with E-state index in [-0.39, 0.29) is 5.91 Å². The van der Waals surface area contributed by atoms with E-state index in [1.54, 1.807) is 7.11 Å². The molecule has 144 valence electrons. The largest absolute Gasteiger partial charge is 0.497 e. The molecule has 5 nitrogen and oxygen atoms in total. The first-order valence-corrected chi connectivity index (χ1v) is 9.32. The minimum Gasteiger partial charge on any atom is -0.497 e. The van der Waals surface area contributed by atoms with Gasteiger partial charge in [-0.3, -0.25) is 4.79 Å². The summed E-state index contributed by atoms with van der Waals surface area (Å²) in [7, 11) is 1.63. The standard InChI is InChI=1S/C23H25N3O2/c1-6-26-20-13-17(28-5)10-11-18(20)19(14-24)21(26)15-8-7-9-16(12-15)25-22(27)23(2,3)4/h7-13H,6H2,1-5H3,(H,25,27). The van der Waals surface area contributed by atoms with Crippen LogP contribution in [0.15, 0.2) is 42.5 Å². The van der Waals surface area contributed by atoms with Crippen molar-refractivity contribution < 1.29 is 9.53 Å². The number of nitrogens with zero attached hydrogens (tertiary/aromatic N) is 2.